The van der Waals surface area contributed by atoms with Crippen LogP contribution in [0, 0.1) is 25.7 Å². The first-order valence-corrected chi connectivity index (χ1v) is 22.6. The maximum atomic E-state index is 4.92. The zero-order valence-corrected chi connectivity index (χ0v) is 34.7. The number of rotatable bonds is 9. The molecule has 0 spiro atoms. The van der Waals surface area contributed by atoms with Crippen molar-refractivity contribution in [3.05, 3.63) is 81.5 Å². The molecule has 9 aromatic rings. The lowest BCUT2D eigenvalue weighted by Gasteiger charge is -2.08. The molecule has 0 atom stereocenters. The summed E-state index contributed by atoms with van der Waals surface area (Å²) >= 11 is 12.0. The largest absolute Gasteiger partial charge is 0.172 e. The number of aromatic nitrogens is 4. The van der Waals surface area contributed by atoms with Crippen molar-refractivity contribution in [3.63, 3.8) is 0 Å². The molecule has 0 amide bonds. The fourth-order valence-corrected chi connectivity index (χ4v) is 13.5. The van der Waals surface area contributed by atoms with Gasteiger partial charge in [0, 0.05) is 70.7 Å². The molecule has 4 nitrogen and oxygen atoms in total. The van der Waals surface area contributed by atoms with E-state index in [2.05, 4.69) is 102 Å². The molecule has 0 fully saturated rings. The zero-order valence-electron chi connectivity index (χ0n) is 29.0. The van der Waals surface area contributed by atoms with Gasteiger partial charge in [0.2, 0.25) is 0 Å². The summed E-state index contributed by atoms with van der Waals surface area (Å²) in [5.74, 6) is 1.15. The summed E-state index contributed by atoms with van der Waals surface area (Å²) in [6.07, 6.45) is 2.10. The van der Waals surface area contributed by atoms with Crippen LogP contribution in [0.25, 0.3) is 83.0 Å². The lowest BCUT2D eigenvalue weighted by atomic mass is 9.97. The van der Waals surface area contributed by atoms with Crippen molar-refractivity contribution in [2.75, 3.05) is 0 Å². The van der Waals surface area contributed by atoms with Gasteiger partial charge in [0.05, 0.1) is 23.5 Å². The molecule has 0 saturated heterocycles. The summed E-state index contributed by atoms with van der Waals surface area (Å²) in [5.41, 5.74) is 8.95. The van der Waals surface area contributed by atoms with E-state index in [0.717, 1.165) is 56.8 Å². The van der Waals surface area contributed by atoms with Gasteiger partial charge in [0.1, 0.15) is 22.1 Å². The van der Waals surface area contributed by atoms with E-state index in [1.54, 1.807) is 0 Å². The van der Waals surface area contributed by atoms with Crippen LogP contribution in [-0.2, 0) is 12.8 Å². The molecule has 2 aromatic carbocycles. The quantitative estimate of drug-likeness (QED) is 0.146. The molecule has 9 rings (SSSR count). The Balaban J connectivity index is 1.15. The molecule has 0 aliphatic carbocycles. The van der Waals surface area contributed by atoms with Gasteiger partial charge in [-0.2, -0.15) is 17.5 Å². The van der Waals surface area contributed by atoms with E-state index >= 15 is 0 Å². The molecule has 256 valence electrons. The second-order valence-electron chi connectivity index (χ2n) is 14.0. The molecule has 0 aliphatic heterocycles. The fourth-order valence-electron chi connectivity index (χ4n) is 6.85. The predicted molar refractivity (Wildman–Crippen MR) is 229 cm³/mol. The van der Waals surface area contributed by atoms with Crippen molar-refractivity contribution in [2.45, 2.75) is 54.4 Å². The summed E-state index contributed by atoms with van der Waals surface area (Å²) in [6.45, 7) is 13.6. The number of hydrogen-bond acceptors (Lipinski definition) is 11. The Morgan fingerprint density at radius 2 is 0.941 bits per heavy atom. The lowest BCUT2D eigenvalue weighted by Crippen LogP contribution is -1.93. The minimum Gasteiger partial charge on any atom is -0.172 e. The van der Waals surface area contributed by atoms with E-state index in [4.69, 9.17) is 17.5 Å². The average Bonchev–Trinajstić information content (AvgIpc) is 3.93. The van der Waals surface area contributed by atoms with Gasteiger partial charge in [-0.15, -0.1) is 56.7 Å². The van der Waals surface area contributed by atoms with E-state index in [-0.39, 0.29) is 0 Å². The van der Waals surface area contributed by atoms with Gasteiger partial charge in [-0.05, 0) is 110 Å². The van der Waals surface area contributed by atoms with E-state index in [1.807, 2.05) is 56.7 Å². The zero-order chi connectivity index (χ0) is 35.0. The van der Waals surface area contributed by atoms with Crippen molar-refractivity contribution in [1.29, 1.82) is 0 Å². The van der Waals surface area contributed by atoms with Gasteiger partial charge < -0.3 is 0 Å². The first-order valence-electron chi connectivity index (χ1n) is 17.0. The van der Waals surface area contributed by atoms with Gasteiger partial charge >= 0.3 is 0 Å². The Hall–Kier alpha value is -3.16. The van der Waals surface area contributed by atoms with Gasteiger partial charge in [-0.3, -0.25) is 0 Å². The molecule has 0 unspecified atom stereocenters. The van der Waals surface area contributed by atoms with E-state index in [9.17, 15) is 0 Å². The Morgan fingerprint density at radius 1 is 0.471 bits per heavy atom. The third-order valence-corrected chi connectivity index (χ3v) is 16.3. The molecule has 0 aliphatic rings. The Kier molecular flexibility index (Phi) is 8.82. The molecule has 7 aromatic heterocycles. The van der Waals surface area contributed by atoms with Gasteiger partial charge in [0.15, 0.2) is 0 Å². The van der Waals surface area contributed by atoms with Crippen LogP contribution < -0.4 is 0 Å². The summed E-state index contributed by atoms with van der Waals surface area (Å²) in [4.78, 5) is 13.2. The van der Waals surface area contributed by atoms with Crippen LogP contribution in [0.5, 0.6) is 0 Å². The summed E-state index contributed by atoms with van der Waals surface area (Å²) < 4.78 is 19.6. The van der Waals surface area contributed by atoms with Crippen LogP contribution in [0.1, 0.15) is 48.6 Å². The summed E-state index contributed by atoms with van der Waals surface area (Å²) in [6, 6.07) is 23.0. The number of aryl methyl sites for hydroxylation is 2. The highest BCUT2D eigenvalue weighted by Gasteiger charge is 2.23. The third-order valence-electron chi connectivity index (χ3n) is 9.14. The first kappa shape index (κ1) is 33.7. The highest BCUT2D eigenvalue weighted by atomic mass is 32.1. The van der Waals surface area contributed by atoms with Crippen LogP contribution in [0.4, 0.5) is 0 Å². The smallest absolute Gasteiger partial charge is 0.114 e. The topological polar surface area (TPSA) is 51.6 Å². The van der Waals surface area contributed by atoms with Crippen molar-refractivity contribution < 1.29 is 0 Å². The Labute approximate surface area is 325 Å². The standard InChI is InChI=1S/C40H34N4S7/c1-19(2)13-23-15-34(46-22(23)6)27-17-25-26(36-38(27)43-50-41-36)18-28(39-37(25)42-51-44-39)35-16-24(14-20(3)4)40(49-35)33-12-11-32(48-33)31-10-9-30(47-31)29-8-7-21(5)45-29/h7-12,15-20H,13-14H2,1-6H3. The monoisotopic (exact) mass is 794 g/mol. The van der Waals surface area contributed by atoms with Crippen LogP contribution in [0.15, 0.2) is 60.7 Å². The number of fused-ring (bicyclic) bond motifs is 5. The Bertz CT molecular complexity index is 2700. The van der Waals surface area contributed by atoms with E-state index in [1.165, 1.54) is 83.4 Å². The first-order chi connectivity index (χ1) is 24.7. The molecule has 7 heterocycles. The average molecular weight is 795 g/mol. The van der Waals surface area contributed by atoms with E-state index in [0.29, 0.717) is 11.8 Å². The summed E-state index contributed by atoms with van der Waals surface area (Å²) in [7, 11) is 0. The van der Waals surface area contributed by atoms with Crippen LogP contribution in [-0.4, -0.2) is 17.5 Å². The highest BCUT2D eigenvalue weighted by molar-refractivity contribution is 7.29. The predicted octanol–water partition coefficient (Wildman–Crippen LogP) is 14.5. The fraction of sp³-hybridized carbons (Fsp3) is 0.250. The number of nitrogens with zero attached hydrogens (tertiary/aromatic N) is 4. The van der Waals surface area contributed by atoms with Gasteiger partial charge in [0.25, 0.3) is 0 Å². The normalized spacial score (nSPS) is 12.2. The molecule has 11 heteroatoms. The molecule has 0 bridgehead atoms. The number of thiophene rings is 5. The second-order valence-corrected chi connectivity index (χ2v) is 20.8. The maximum Gasteiger partial charge on any atom is 0.114 e. The van der Waals surface area contributed by atoms with Gasteiger partial charge in [-0.1, -0.05) is 27.7 Å². The van der Waals surface area contributed by atoms with Crippen LogP contribution in [0.3, 0.4) is 0 Å². The van der Waals surface area contributed by atoms with Crippen LogP contribution in [0.2, 0.25) is 0 Å². The minimum absolute atomic E-state index is 0.540. The Morgan fingerprint density at radius 3 is 1.51 bits per heavy atom. The minimum atomic E-state index is 0.540. The summed E-state index contributed by atoms with van der Waals surface area (Å²) in [5, 5.41) is 2.20. The highest BCUT2D eigenvalue weighted by Crippen LogP contribution is 2.48. The molecular weight excluding hydrogens is 761 g/mol. The third kappa shape index (κ3) is 6.14. The molecule has 0 radical (unpaired) electrons. The van der Waals surface area contributed by atoms with Crippen molar-refractivity contribution in [3.8, 4) is 50.1 Å². The number of hydrogen-bond donors (Lipinski definition) is 0. The molecule has 0 N–H and O–H groups in total. The molecule has 0 saturated carbocycles. The maximum absolute atomic E-state index is 4.92. The van der Waals surface area contributed by atoms with Crippen molar-refractivity contribution in [1.82, 2.24) is 17.5 Å². The van der Waals surface area contributed by atoms with Crippen molar-refractivity contribution in [2.24, 2.45) is 11.8 Å². The SMILES string of the molecule is Cc1ccc(-c2ccc(-c3ccc(-c4sc(-c5cc6c(cc(-c7cc(CC(C)C)c(C)s7)c7nsnc76)c6nsnc56)cc4CC(C)C)s3)s2)s1. The molecular formula is C40H34N4S7. The molecule has 51 heavy (non-hydrogen) atoms. The van der Waals surface area contributed by atoms with Crippen molar-refractivity contribution >= 4 is 113 Å². The van der Waals surface area contributed by atoms with Crippen LogP contribution >= 0.6 is 80.1 Å². The number of benzene rings is 2. The van der Waals surface area contributed by atoms with E-state index < -0.39 is 0 Å². The van der Waals surface area contributed by atoms with Gasteiger partial charge in [-0.25, -0.2) is 0 Å². The lowest BCUT2D eigenvalue weighted by molar-refractivity contribution is 0.647. The second kappa shape index (κ2) is 13.4.